The number of rotatable bonds is 6. The number of para-hydroxylation sites is 2. The third kappa shape index (κ3) is 4.45. The first kappa shape index (κ1) is 26.8. The second kappa shape index (κ2) is 10.4. The molecule has 3 aliphatic rings. The summed E-state index contributed by atoms with van der Waals surface area (Å²) in [7, 11) is 0. The molecule has 0 aromatic heterocycles. The van der Waals surface area contributed by atoms with Gasteiger partial charge in [0.05, 0.1) is 5.41 Å². The van der Waals surface area contributed by atoms with E-state index in [2.05, 4.69) is 134 Å². The summed E-state index contributed by atoms with van der Waals surface area (Å²) < 4.78 is 2.41. The lowest BCUT2D eigenvalue weighted by Gasteiger charge is -2.26. The maximum absolute atomic E-state index is 9.51. The van der Waals surface area contributed by atoms with Crippen molar-refractivity contribution in [2.45, 2.75) is 71.6 Å². The molecule has 2 aromatic carbocycles. The average molecular weight is 519 g/mol. The Morgan fingerprint density at radius 2 is 1.64 bits per heavy atom. The molecule has 5 rings (SSSR count). The molecule has 2 heterocycles. The van der Waals surface area contributed by atoms with Gasteiger partial charge in [-0.1, -0.05) is 67.5 Å². The molecule has 2 aromatic rings. The second-order valence-corrected chi connectivity index (χ2v) is 11.7. The fraction of sp³-hybridized carbons (Fsp3) is 0.382. The lowest BCUT2D eigenvalue weighted by molar-refractivity contribution is -0.433. The Hall–Kier alpha value is -3.82. The highest BCUT2D eigenvalue weighted by atomic mass is 15.2. The molecule has 0 bridgehead atoms. The minimum absolute atomic E-state index is 0.0905. The van der Waals surface area contributed by atoms with Crippen LogP contribution in [0.2, 0.25) is 0 Å². The summed E-state index contributed by atoms with van der Waals surface area (Å²) in [6.07, 6.45) is 11.8. The van der Waals surface area contributed by atoms with E-state index in [9.17, 15) is 5.53 Å². The molecule has 0 N–H and O–H groups in total. The van der Waals surface area contributed by atoms with Crippen LogP contribution in [-0.2, 0) is 10.8 Å². The summed E-state index contributed by atoms with van der Waals surface area (Å²) in [4.78, 5) is 5.65. The highest BCUT2D eigenvalue weighted by molar-refractivity contribution is 6.03. The summed E-state index contributed by atoms with van der Waals surface area (Å²) in [5.41, 5.74) is 20.2. The van der Waals surface area contributed by atoms with Gasteiger partial charge in [-0.25, -0.2) is 0 Å². The van der Waals surface area contributed by atoms with E-state index in [0.29, 0.717) is 0 Å². The van der Waals surface area contributed by atoms with Gasteiger partial charge >= 0.3 is 0 Å². The van der Waals surface area contributed by atoms with E-state index in [-0.39, 0.29) is 10.8 Å². The minimum atomic E-state index is -0.0905. The quantitative estimate of drug-likeness (QED) is 0.163. The third-order valence-corrected chi connectivity index (χ3v) is 8.76. The molecule has 5 heteroatoms. The molecule has 0 unspecified atom stereocenters. The van der Waals surface area contributed by atoms with E-state index in [1.165, 1.54) is 33.9 Å². The van der Waals surface area contributed by atoms with Gasteiger partial charge in [0.15, 0.2) is 5.71 Å². The van der Waals surface area contributed by atoms with Crippen LogP contribution in [0.4, 0.5) is 11.4 Å². The largest absolute Gasteiger partial charge is 0.344 e. The van der Waals surface area contributed by atoms with Crippen LogP contribution in [-0.4, -0.2) is 23.4 Å². The molecule has 0 amide bonds. The topological polar surface area (TPSA) is 55.0 Å². The van der Waals surface area contributed by atoms with Gasteiger partial charge in [-0.2, -0.15) is 4.58 Å². The molecule has 39 heavy (non-hydrogen) atoms. The Labute approximate surface area is 233 Å². The molecule has 0 saturated heterocycles. The second-order valence-electron chi connectivity index (χ2n) is 11.7. The number of likely N-dealkylation sites (N-methyl/N-ethyl adjacent to an activating group) is 1. The van der Waals surface area contributed by atoms with Crippen molar-refractivity contribution < 1.29 is 4.58 Å². The number of nitrogens with zero attached hydrogens (tertiary/aromatic N) is 5. The van der Waals surface area contributed by atoms with Gasteiger partial charge in [-0.15, -0.1) is 0 Å². The van der Waals surface area contributed by atoms with Gasteiger partial charge < -0.3 is 4.90 Å². The standard InChI is InChI=1S/C34H40N5/c1-7-38-28-18-11-9-16-26(28)33(3,4)30(38)22-20-24-14-13-15-25(32(24)36-37-35)21-23-31-34(5,6)27-17-10-12-19-29(27)39(31)8-2/h9-12,16-23H,7-8,13-15H2,1-6H3/q+1. The molecular weight excluding hydrogens is 478 g/mol. The first-order valence-corrected chi connectivity index (χ1v) is 14.2. The van der Waals surface area contributed by atoms with E-state index >= 15 is 0 Å². The van der Waals surface area contributed by atoms with Crippen LogP contribution in [0.1, 0.15) is 71.9 Å². The molecule has 0 spiro atoms. The maximum atomic E-state index is 9.51. The van der Waals surface area contributed by atoms with Gasteiger partial charge in [-0.05, 0) is 81.3 Å². The predicted molar refractivity (Wildman–Crippen MR) is 163 cm³/mol. The molecular formula is C34H40N5+. The molecule has 0 saturated carbocycles. The third-order valence-electron chi connectivity index (χ3n) is 8.76. The van der Waals surface area contributed by atoms with Crippen LogP contribution in [0.3, 0.4) is 0 Å². The Balaban J connectivity index is 1.55. The minimum Gasteiger partial charge on any atom is -0.344 e. The van der Waals surface area contributed by atoms with Crippen molar-refractivity contribution in [3.63, 3.8) is 0 Å². The zero-order valence-corrected chi connectivity index (χ0v) is 24.2. The van der Waals surface area contributed by atoms with Crippen molar-refractivity contribution in [3.8, 4) is 0 Å². The summed E-state index contributed by atoms with van der Waals surface area (Å²) in [5, 5.41) is 4.24. The van der Waals surface area contributed by atoms with Crippen LogP contribution in [0.5, 0.6) is 0 Å². The van der Waals surface area contributed by atoms with Gasteiger partial charge in [0, 0.05) is 51.7 Å². The highest BCUT2D eigenvalue weighted by Gasteiger charge is 2.43. The van der Waals surface area contributed by atoms with Gasteiger partial charge in [0.25, 0.3) is 0 Å². The molecule has 2 aliphatic heterocycles. The Bertz CT molecular complexity index is 1510. The van der Waals surface area contributed by atoms with Crippen LogP contribution in [0, 0.1) is 0 Å². The SMILES string of the molecule is CCN1/C(=C/C=C2/CCCC(/C=C/C3=[N+](CC)c4ccccc4C3(C)C)=C2N=[N+]=[N-])C(C)(C)c2ccccc21. The Morgan fingerprint density at radius 3 is 2.36 bits per heavy atom. The van der Waals surface area contributed by atoms with E-state index in [4.69, 9.17) is 0 Å². The lowest BCUT2D eigenvalue weighted by atomic mass is 9.81. The number of anilines is 1. The van der Waals surface area contributed by atoms with E-state index in [0.717, 1.165) is 49.2 Å². The lowest BCUT2D eigenvalue weighted by Crippen LogP contribution is -2.27. The maximum Gasteiger partial charge on any atom is 0.209 e. The number of azide groups is 1. The molecule has 1 aliphatic carbocycles. The van der Waals surface area contributed by atoms with Gasteiger partial charge in [0.1, 0.15) is 6.54 Å². The first-order chi connectivity index (χ1) is 18.7. The number of fused-ring (bicyclic) bond motifs is 2. The number of benzene rings is 2. The molecule has 0 atom stereocenters. The summed E-state index contributed by atoms with van der Waals surface area (Å²) >= 11 is 0. The van der Waals surface area contributed by atoms with Crippen LogP contribution >= 0.6 is 0 Å². The average Bonchev–Trinajstić information content (AvgIpc) is 3.29. The number of hydrogen-bond donors (Lipinski definition) is 0. The zero-order chi connectivity index (χ0) is 27.8. The first-order valence-electron chi connectivity index (χ1n) is 14.2. The normalized spacial score (nSPS) is 21.6. The van der Waals surface area contributed by atoms with Gasteiger partial charge in [0.2, 0.25) is 5.69 Å². The summed E-state index contributed by atoms with van der Waals surface area (Å²) in [6, 6.07) is 17.4. The zero-order valence-electron chi connectivity index (χ0n) is 24.2. The predicted octanol–water partition coefficient (Wildman–Crippen LogP) is 9.02. The van der Waals surface area contributed by atoms with Gasteiger partial charge in [-0.3, -0.25) is 0 Å². The smallest absolute Gasteiger partial charge is 0.209 e. The van der Waals surface area contributed by atoms with Crippen molar-refractivity contribution in [1.82, 2.24) is 0 Å². The fourth-order valence-corrected chi connectivity index (χ4v) is 6.73. The van der Waals surface area contributed by atoms with Crippen LogP contribution in [0.15, 0.2) is 100 Å². The van der Waals surface area contributed by atoms with Crippen molar-refractivity contribution in [2.75, 3.05) is 18.0 Å². The van der Waals surface area contributed by atoms with Crippen molar-refractivity contribution in [3.05, 3.63) is 117 Å². The highest BCUT2D eigenvalue weighted by Crippen LogP contribution is 2.47. The van der Waals surface area contributed by atoms with E-state index in [1.807, 2.05) is 0 Å². The van der Waals surface area contributed by atoms with E-state index in [1.54, 1.807) is 0 Å². The summed E-state index contributed by atoms with van der Waals surface area (Å²) in [5.74, 6) is 0. The van der Waals surface area contributed by atoms with Crippen molar-refractivity contribution >= 4 is 17.1 Å². The monoisotopic (exact) mass is 518 g/mol. The fourth-order valence-electron chi connectivity index (χ4n) is 6.73. The molecule has 200 valence electrons. The van der Waals surface area contributed by atoms with Crippen molar-refractivity contribution in [2.24, 2.45) is 5.11 Å². The Morgan fingerprint density at radius 1 is 0.923 bits per heavy atom. The van der Waals surface area contributed by atoms with Crippen LogP contribution in [0.25, 0.3) is 10.4 Å². The van der Waals surface area contributed by atoms with Crippen LogP contribution < -0.4 is 4.90 Å². The summed E-state index contributed by atoms with van der Waals surface area (Å²) in [6.45, 7) is 15.4. The van der Waals surface area contributed by atoms with Crippen molar-refractivity contribution in [1.29, 1.82) is 0 Å². The Kier molecular flexibility index (Phi) is 7.13. The number of allylic oxidation sites excluding steroid dienone is 7. The number of hydrogen-bond acceptors (Lipinski definition) is 2. The molecule has 0 fully saturated rings. The molecule has 0 radical (unpaired) electrons. The molecule has 5 nitrogen and oxygen atoms in total. The van der Waals surface area contributed by atoms with E-state index < -0.39 is 0 Å².